The maximum Gasteiger partial charge on any atom is 0.319 e. The third-order valence-corrected chi connectivity index (χ3v) is 4.14. The van der Waals surface area contributed by atoms with Crippen LogP contribution in [0, 0.1) is 6.92 Å². The number of nitrogens with zero attached hydrogens (tertiary/aromatic N) is 1. The number of amides is 2. The van der Waals surface area contributed by atoms with Gasteiger partial charge in [-0.1, -0.05) is 18.2 Å². The van der Waals surface area contributed by atoms with Crippen LogP contribution in [0.1, 0.15) is 16.8 Å². The van der Waals surface area contributed by atoms with Gasteiger partial charge in [-0.15, -0.1) is 0 Å². The molecule has 0 spiro atoms. The van der Waals surface area contributed by atoms with Gasteiger partial charge in [0.25, 0.3) is 0 Å². The van der Waals surface area contributed by atoms with E-state index in [-0.39, 0.29) is 6.03 Å². The molecule has 3 rings (SSSR count). The number of carbonyl (C=O) groups excluding carboxylic acids is 1. The van der Waals surface area contributed by atoms with E-state index in [1.54, 1.807) is 19.4 Å². The SMILES string of the molecule is COc1ccc(NC(=O)NCc2ccc(OCc3ccccn3)cc2)cc1C. The highest BCUT2D eigenvalue weighted by Crippen LogP contribution is 2.21. The van der Waals surface area contributed by atoms with Crippen molar-refractivity contribution in [1.82, 2.24) is 10.3 Å². The molecule has 0 aliphatic rings. The number of carbonyl (C=O) groups is 1. The number of benzene rings is 2. The molecule has 0 aliphatic heterocycles. The highest BCUT2D eigenvalue weighted by molar-refractivity contribution is 5.89. The van der Waals surface area contributed by atoms with Crippen LogP contribution in [0.2, 0.25) is 0 Å². The Morgan fingerprint density at radius 3 is 2.57 bits per heavy atom. The molecule has 0 radical (unpaired) electrons. The second kappa shape index (κ2) is 9.41. The summed E-state index contributed by atoms with van der Waals surface area (Å²) in [6.07, 6.45) is 1.74. The Balaban J connectivity index is 1.46. The molecular weight excluding hydrogens is 354 g/mol. The first-order valence-electron chi connectivity index (χ1n) is 8.95. The number of anilines is 1. The number of rotatable bonds is 7. The van der Waals surface area contributed by atoms with Crippen molar-refractivity contribution in [3.63, 3.8) is 0 Å². The van der Waals surface area contributed by atoms with Crippen LogP contribution < -0.4 is 20.1 Å². The van der Waals surface area contributed by atoms with Crippen LogP contribution in [-0.4, -0.2) is 18.1 Å². The fourth-order valence-corrected chi connectivity index (χ4v) is 2.66. The minimum atomic E-state index is -0.264. The van der Waals surface area contributed by atoms with Crippen molar-refractivity contribution < 1.29 is 14.3 Å². The molecule has 3 aromatic rings. The molecule has 6 nitrogen and oxygen atoms in total. The Morgan fingerprint density at radius 2 is 1.89 bits per heavy atom. The van der Waals surface area contributed by atoms with E-state index < -0.39 is 0 Å². The number of aryl methyl sites for hydroxylation is 1. The summed E-state index contributed by atoms with van der Waals surface area (Å²) in [4.78, 5) is 16.3. The van der Waals surface area contributed by atoms with Crippen molar-refractivity contribution in [3.8, 4) is 11.5 Å². The summed E-state index contributed by atoms with van der Waals surface area (Å²) in [6, 6.07) is 18.6. The Morgan fingerprint density at radius 1 is 1.07 bits per heavy atom. The summed E-state index contributed by atoms with van der Waals surface area (Å²) in [5, 5.41) is 5.66. The van der Waals surface area contributed by atoms with Gasteiger partial charge in [0.05, 0.1) is 12.8 Å². The quantitative estimate of drug-likeness (QED) is 0.644. The molecule has 0 atom stereocenters. The minimum absolute atomic E-state index is 0.264. The first-order chi connectivity index (χ1) is 13.6. The lowest BCUT2D eigenvalue weighted by molar-refractivity contribution is 0.251. The fraction of sp³-hybridized carbons (Fsp3) is 0.182. The van der Waals surface area contributed by atoms with Crippen molar-refractivity contribution in [2.75, 3.05) is 12.4 Å². The Kier molecular flexibility index (Phi) is 6.46. The van der Waals surface area contributed by atoms with E-state index in [2.05, 4.69) is 15.6 Å². The van der Waals surface area contributed by atoms with E-state index in [4.69, 9.17) is 9.47 Å². The average molecular weight is 377 g/mol. The lowest BCUT2D eigenvalue weighted by Gasteiger charge is -2.11. The van der Waals surface area contributed by atoms with Gasteiger partial charge in [-0.05, 0) is 60.5 Å². The molecule has 0 saturated carbocycles. The summed E-state index contributed by atoms with van der Waals surface area (Å²) < 4.78 is 10.9. The smallest absolute Gasteiger partial charge is 0.319 e. The van der Waals surface area contributed by atoms with Gasteiger partial charge < -0.3 is 20.1 Å². The second-order valence-corrected chi connectivity index (χ2v) is 6.25. The number of hydrogen-bond donors (Lipinski definition) is 2. The standard InChI is InChI=1S/C22H23N3O3/c1-16-13-18(8-11-21(16)27-2)25-22(26)24-14-17-6-9-20(10-7-17)28-15-19-5-3-4-12-23-19/h3-13H,14-15H2,1-2H3,(H2,24,25,26). The molecule has 2 amide bonds. The largest absolute Gasteiger partial charge is 0.496 e. The topological polar surface area (TPSA) is 72.5 Å². The van der Waals surface area contributed by atoms with Crippen molar-refractivity contribution in [2.45, 2.75) is 20.1 Å². The molecule has 6 heteroatoms. The van der Waals surface area contributed by atoms with Gasteiger partial charge in [-0.2, -0.15) is 0 Å². The maximum atomic E-state index is 12.1. The second-order valence-electron chi connectivity index (χ2n) is 6.25. The molecule has 28 heavy (non-hydrogen) atoms. The van der Waals surface area contributed by atoms with Crippen molar-refractivity contribution in [1.29, 1.82) is 0 Å². The zero-order chi connectivity index (χ0) is 19.8. The lowest BCUT2D eigenvalue weighted by atomic mass is 10.2. The highest BCUT2D eigenvalue weighted by atomic mass is 16.5. The molecule has 0 bridgehead atoms. The van der Waals surface area contributed by atoms with Gasteiger partial charge in [0.2, 0.25) is 0 Å². The number of methoxy groups -OCH3 is 1. The van der Waals surface area contributed by atoms with Crippen molar-refractivity contribution >= 4 is 11.7 Å². The molecule has 0 aliphatic carbocycles. The fourth-order valence-electron chi connectivity index (χ4n) is 2.66. The van der Waals surface area contributed by atoms with E-state index >= 15 is 0 Å². The normalized spacial score (nSPS) is 10.2. The predicted molar refractivity (Wildman–Crippen MR) is 109 cm³/mol. The zero-order valence-electron chi connectivity index (χ0n) is 15.9. The summed E-state index contributed by atoms with van der Waals surface area (Å²) in [6.45, 7) is 2.77. The Labute approximate surface area is 164 Å². The van der Waals surface area contributed by atoms with Crippen LogP contribution in [0.25, 0.3) is 0 Å². The zero-order valence-corrected chi connectivity index (χ0v) is 15.9. The molecular formula is C22H23N3O3. The Hall–Kier alpha value is -3.54. The summed E-state index contributed by atoms with van der Waals surface area (Å²) in [5.74, 6) is 1.55. The molecule has 1 heterocycles. The average Bonchev–Trinajstić information content (AvgIpc) is 2.72. The van der Waals surface area contributed by atoms with E-state index in [9.17, 15) is 4.79 Å². The number of pyridine rings is 1. The minimum Gasteiger partial charge on any atom is -0.496 e. The molecule has 2 N–H and O–H groups in total. The summed E-state index contributed by atoms with van der Waals surface area (Å²) >= 11 is 0. The number of hydrogen-bond acceptors (Lipinski definition) is 4. The van der Waals surface area contributed by atoms with Gasteiger partial charge in [0.1, 0.15) is 18.1 Å². The molecule has 0 unspecified atom stereocenters. The van der Waals surface area contributed by atoms with Crippen LogP contribution in [0.15, 0.2) is 66.9 Å². The number of ether oxygens (including phenoxy) is 2. The van der Waals surface area contributed by atoms with Crippen molar-refractivity contribution in [2.24, 2.45) is 0 Å². The van der Waals surface area contributed by atoms with Crippen LogP contribution in [0.5, 0.6) is 11.5 Å². The molecule has 1 aromatic heterocycles. The first-order valence-corrected chi connectivity index (χ1v) is 8.95. The predicted octanol–water partition coefficient (Wildman–Crippen LogP) is 4.30. The highest BCUT2D eigenvalue weighted by Gasteiger charge is 2.05. The lowest BCUT2D eigenvalue weighted by Crippen LogP contribution is -2.28. The van der Waals surface area contributed by atoms with E-state index in [1.165, 1.54) is 0 Å². The van der Waals surface area contributed by atoms with Gasteiger partial charge in [0, 0.05) is 18.4 Å². The number of nitrogens with one attached hydrogen (secondary N) is 2. The van der Waals surface area contributed by atoms with Crippen molar-refractivity contribution in [3.05, 3.63) is 83.7 Å². The monoisotopic (exact) mass is 377 g/mol. The van der Waals surface area contributed by atoms with Gasteiger partial charge in [0.15, 0.2) is 0 Å². The van der Waals surface area contributed by atoms with Gasteiger partial charge >= 0.3 is 6.03 Å². The van der Waals surface area contributed by atoms with E-state index in [0.29, 0.717) is 18.8 Å². The molecule has 0 saturated heterocycles. The van der Waals surface area contributed by atoms with Gasteiger partial charge in [-0.3, -0.25) is 4.98 Å². The first kappa shape index (κ1) is 19.2. The maximum absolute atomic E-state index is 12.1. The Bertz CT molecular complexity index is 912. The van der Waals surface area contributed by atoms with Gasteiger partial charge in [-0.25, -0.2) is 4.79 Å². The summed E-state index contributed by atoms with van der Waals surface area (Å²) in [5.41, 5.74) is 3.53. The van der Waals surface area contributed by atoms with Crippen LogP contribution in [0.4, 0.5) is 10.5 Å². The summed E-state index contributed by atoms with van der Waals surface area (Å²) in [7, 11) is 1.62. The number of urea groups is 1. The molecule has 0 fully saturated rings. The van der Waals surface area contributed by atoms with E-state index in [1.807, 2.05) is 61.5 Å². The van der Waals surface area contributed by atoms with E-state index in [0.717, 1.165) is 28.3 Å². The third kappa shape index (κ3) is 5.48. The molecule has 144 valence electrons. The third-order valence-electron chi connectivity index (χ3n) is 4.14. The molecule has 2 aromatic carbocycles. The van der Waals surface area contributed by atoms with Crippen LogP contribution in [0.3, 0.4) is 0 Å². The number of aromatic nitrogens is 1. The van der Waals surface area contributed by atoms with Crippen LogP contribution in [-0.2, 0) is 13.2 Å². The van der Waals surface area contributed by atoms with Crippen LogP contribution >= 0.6 is 0 Å².